The largest absolute Gasteiger partial charge is 0.420 e. The second kappa shape index (κ2) is 6.66. The zero-order valence-corrected chi connectivity index (χ0v) is 15.8. The van der Waals surface area contributed by atoms with E-state index >= 15 is 0 Å². The number of halogens is 2. The Morgan fingerprint density at radius 2 is 1.78 bits per heavy atom. The molecule has 2 heterocycles. The van der Waals surface area contributed by atoms with E-state index in [0.29, 0.717) is 27.1 Å². The van der Waals surface area contributed by atoms with Gasteiger partial charge >= 0.3 is 0 Å². The molecule has 0 amide bonds. The number of nitrogens with zero attached hydrogens (tertiary/aromatic N) is 2. The first-order valence-electron chi connectivity index (χ1n) is 8.18. The molecule has 1 unspecified atom stereocenters. The summed E-state index contributed by atoms with van der Waals surface area (Å²) < 4.78 is 5.60. The number of aryl methyl sites for hydroxylation is 1. The van der Waals surface area contributed by atoms with Crippen molar-refractivity contribution in [1.29, 1.82) is 5.26 Å². The summed E-state index contributed by atoms with van der Waals surface area (Å²) in [5, 5.41) is 17.9. The average Bonchev–Trinajstić information content (AvgIpc) is 3.05. The topological polar surface area (TPSA) is 87.7 Å². The van der Waals surface area contributed by atoms with Crippen molar-refractivity contribution in [3.63, 3.8) is 0 Å². The fourth-order valence-corrected chi connectivity index (χ4v) is 3.88. The Kier molecular flexibility index (Phi) is 4.31. The normalized spacial score (nSPS) is 15.9. The zero-order chi connectivity index (χ0) is 19.1. The minimum absolute atomic E-state index is 0.00653. The maximum Gasteiger partial charge on any atom is 0.244 e. The number of fused-ring (bicyclic) bond motifs is 1. The lowest BCUT2D eigenvalue weighted by Gasteiger charge is -2.25. The van der Waals surface area contributed by atoms with Crippen LogP contribution in [0.3, 0.4) is 0 Å². The monoisotopic (exact) mass is 396 g/mol. The van der Waals surface area contributed by atoms with Gasteiger partial charge in [0.05, 0.1) is 17.2 Å². The molecule has 7 heteroatoms. The first-order chi connectivity index (χ1) is 13.0. The third kappa shape index (κ3) is 2.84. The van der Waals surface area contributed by atoms with Gasteiger partial charge in [0.15, 0.2) is 0 Å². The maximum atomic E-state index is 9.75. The second-order valence-electron chi connectivity index (χ2n) is 6.24. The third-order valence-electron chi connectivity index (χ3n) is 4.57. The highest BCUT2D eigenvalue weighted by atomic mass is 35.5. The van der Waals surface area contributed by atoms with Gasteiger partial charge in [-0.2, -0.15) is 5.26 Å². The standard InChI is InChI=1S/C20H14Cl2N4O/c1-10-5-7-11(8-6-10)18-17-15(16-13(21)3-2-4-14(16)22)12(9-23)19(24)27-20(17)26-25-18/h2-8,15H,24H2,1H3,(H,25,26). The number of aromatic nitrogens is 2. The van der Waals surface area contributed by atoms with E-state index in [1.165, 1.54) is 0 Å². The van der Waals surface area contributed by atoms with E-state index in [0.717, 1.165) is 16.8 Å². The summed E-state index contributed by atoms with van der Waals surface area (Å²) in [5.41, 5.74) is 10.3. The predicted octanol–water partition coefficient (Wildman–Crippen LogP) is 4.91. The van der Waals surface area contributed by atoms with Crippen LogP contribution in [0.2, 0.25) is 10.0 Å². The smallest absolute Gasteiger partial charge is 0.244 e. The van der Waals surface area contributed by atoms with Crippen LogP contribution in [0.25, 0.3) is 11.3 Å². The minimum Gasteiger partial charge on any atom is -0.420 e. The van der Waals surface area contributed by atoms with Gasteiger partial charge in [0.25, 0.3) is 0 Å². The number of nitrogens with one attached hydrogen (secondary N) is 1. The van der Waals surface area contributed by atoms with Crippen molar-refractivity contribution in [3.05, 3.63) is 80.7 Å². The molecule has 1 aliphatic rings. The molecule has 1 atom stereocenters. The second-order valence-corrected chi connectivity index (χ2v) is 7.06. The number of H-pyrrole nitrogens is 1. The summed E-state index contributed by atoms with van der Waals surface area (Å²) in [5.74, 6) is -0.286. The summed E-state index contributed by atoms with van der Waals surface area (Å²) in [6.07, 6.45) is 0. The highest BCUT2D eigenvalue weighted by Crippen LogP contribution is 2.49. The Morgan fingerprint density at radius 1 is 1.11 bits per heavy atom. The van der Waals surface area contributed by atoms with E-state index in [4.69, 9.17) is 33.7 Å². The van der Waals surface area contributed by atoms with Crippen molar-refractivity contribution in [1.82, 2.24) is 10.2 Å². The number of hydrogen-bond acceptors (Lipinski definition) is 4. The summed E-state index contributed by atoms with van der Waals surface area (Å²) in [7, 11) is 0. The first-order valence-corrected chi connectivity index (χ1v) is 8.93. The fraction of sp³-hybridized carbons (Fsp3) is 0.100. The number of rotatable bonds is 2. The fourth-order valence-electron chi connectivity index (χ4n) is 3.26. The van der Waals surface area contributed by atoms with Crippen LogP contribution in [-0.4, -0.2) is 10.2 Å². The van der Waals surface area contributed by atoms with Gasteiger partial charge in [-0.05, 0) is 19.1 Å². The molecule has 1 aromatic heterocycles. The molecule has 0 radical (unpaired) electrons. The molecule has 0 saturated carbocycles. The molecule has 0 aliphatic carbocycles. The van der Waals surface area contributed by atoms with Gasteiger partial charge in [-0.15, -0.1) is 5.10 Å². The maximum absolute atomic E-state index is 9.75. The van der Waals surface area contributed by atoms with Crippen LogP contribution in [0.15, 0.2) is 53.9 Å². The zero-order valence-electron chi connectivity index (χ0n) is 14.3. The average molecular weight is 397 g/mol. The molecule has 0 spiro atoms. The SMILES string of the molecule is Cc1ccc(-c2[nH]nc3c2C(c2c(Cl)cccc2Cl)C(C#N)=C(N)O3)cc1. The van der Waals surface area contributed by atoms with Crippen LogP contribution in [0, 0.1) is 18.3 Å². The molecule has 2 aromatic carbocycles. The Morgan fingerprint density at radius 3 is 2.41 bits per heavy atom. The van der Waals surface area contributed by atoms with E-state index in [2.05, 4.69) is 16.3 Å². The number of allylic oxidation sites excluding steroid dienone is 1. The number of hydrogen-bond donors (Lipinski definition) is 2. The van der Waals surface area contributed by atoms with Crippen LogP contribution in [0.5, 0.6) is 5.88 Å². The Hall–Kier alpha value is -2.94. The molecule has 27 heavy (non-hydrogen) atoms. The lowest BCUT2D eigenvalue weighted by Crippen LogP contribution is -2.21. The van der Waals surface area contributed by atoms with Gasteiger partial charge < -0.3 is 10.5 Å². The van der Waals surface area contributed by atoms with Crippen molar-refractivity contribution in [2.24, 2.45) is 5.73 Å². The van der Waals surface area contributed by atoms with E-state index < -0.39 is 5.92 Å². The van der Waals surface area contributed by atoms with Gasteiger partial charge in [0.2, 0.25) is 11.8 Å². The van der Waals surface area contributed by atoms with E-state index in [-0.39, 0.29) is 11.5 Å². The van der Waals surface area contributed by atoms with Crippen LogP contribution in [-0.2, 0) is 0 Å². The van der Waals surface area contributed by atoms with Crippen LogP contribution in [0.4, 0.5) is 0 Å². The summed E-state index contributed by atoms with van der Waals surface area (Å²) in [6.45, 7) is 2.01. The molecule has 3 aromatic rings. The molecule has 3 N–H and O–H groups in total. The Balaban J connectivity index is 2.00. The lowest BCUT2D eigenvalue weighted by molar-refractivity contribution is 0.379. The molecule has 0 saturated heterocycles. The third-order valence-corrected chi connectivity index (χ3v) is 5.23. The van der Waals surface area contributed by atoms with Gasteiger partial charge in [-0.3, -0.25) is 5.10 Å². The van der Waals surface area contributed by atoms with Crippen LogP contribution < -0.4 is 10.5 Å². The van der Waals surface area contributed by atoms with Crippen LogP contribution in [0.1, 0.15) is 22.6 Å². The number of nitrogens with two attached hydrogens (primary N) is 1. The predicted molar refractivity (Wildman–Crippen MR) is 105 cm³/mol. The summed E-state index contributed by atoms with van der Waals surface area (Å²) in [6, 6.07) is 15.3. The van der Waals surface area contributed by atoms with Crippen molar-refractivity contribution >= 4 is 23.2 Å². The van der Waals surface area contributed by atoms with Gasteiger partial charge in [-0.25, -0.2) is 0 Å². The number of ether oxygens (including phenoxy) is 1. The molecule has 1 aliphatic heterocycles. The molecular weight excluding hydrogens is 383 g/mol. The molecule has 4 rings (SSSR count). The Labute approximate surface area is 166 Å². The molecule has 0 fully saturated rings. The van der Waals surface area contributed by atoms with Crippen molar-refractivity contribution in [3.8, 4) is 23.2 Å². The van der Waals surface area contributed by atoms with Crippen molar-refractivity contribution in [2.75, 3.05) is 0 Å². The van der Waals surface area contributed by atoms with Crippen molar-refractivity contribution in [2.45, 2.75) is 12.8 Å². The lowest BCUT2D eigenvalue weighted by atomic mass is 9.83. The quantitative estimate of drug-likeness (QED) is 0.643. The summed E-state index contributed by atoms with van der Waals surface area (Å²) >= 11 is 12.9. The minimum atomic E-state index is -0.588. The molecular formula is C20H14Cl2N4O. The summed E-state index contributed by atoms with van der Waals surface area (Å²) in [4.78, 5) is 0. The highest BCUT2D eigenvalue weighted by molar-refractivity contribution is 6.36. The molecule has 134 valence electrons. The van der Waals surface area contributed by atoms with Gasteiger partial charge in [0, 0.05) is 21.2 Å². The van der Waals surface area contributed by atoms with Crippen molar-refractivity contribution < 1.29 is 4.74 Å². The Bertz CT molecular complexity index is 1090. The number of nitriles is 1. The number of aromatic amines is 1. The first kappa shape index (κ1) is 17.5. The van der Waals surface area contributed by atoms with Crippen LogP contribution >= 0.6 is 23.2 Å². The van der Waals surface area contributed by atoms with Gasteiger partial charge in [0.1, 0.15) is 11.6 Å². The highest BCUT2D eigenvalue weighted by Gasteiger charge is 2.37. The molecule has 0 bridgehead atoms. The van der Waals surface area contributed by atoms with E-state index in [9.17, 15) is 5.26 Å². The van der Waals surface area contributed by atoms with E-state index in [1.54, 1.807) is 18.2 Å². The molecule has 5 nitrogen and oxygen atoms in total. The van der Waals surface area contributed by atoms with E-state index in [1.807, 2.05) is 31.2 Å². The van der Waals surface area contributed by atoms with Gasteiger partial charge in [-0.1, -0.05) is 59.1 Å². The number of benzene rings is 2.